The average Bonchev–Trinajstić information content (AvgIpc) is 1.27. The van der Waals surface area contributed by atoms with Gasteiger partial charge in [0.1, 0.15) is 0 Å². The van der Waals surface area contributed by atoms with Crippen LogP contribution in [0.25, 0.3) is 0 Å². The highest BCUT2D eigenvalue weighted by Gasteiger charge is 1.95. The fourth-order valence-electron chi connectivity index (χ4n) is 0.174. The third-order valence-electron chi connectivity index (χ3n) is 0.356. The van der Waals surface area contributed by atoms with E-state index in [4.69, 9.17) is 0 Å². The second kappa shape index (κ2) is 4.16. The molecular weight excluding hydrogens is 287 g/mol. The number of rotatable bonds is 1. The van der Waals surface area contributed by atoms with Crippen LogP contribution in [0.1, 0.15) is 6.92 Å². The third-order valence-corrected chi connectivity index (χ3v) is 1.15. The van der Waals surface area contributed by atoms with Gasteiger partial charge in [-0.25, -0.2) is 0 Å². The summed E-state index contributed by atoms with van der Waals surface area (Å²) >= 11 is 9.85. The topological polar surface area (TPSA) is 0 Å². The van der Waals surface area contributed by atoms with Crippen molar-refractivity contribution in [1.29, 1.82) is 0 Å². The van der Waals surface area contributed by atoms with E-state index in [-0.39, 0.29) is 0 Å². The van der Waals surface area contributed by atoms with Crippen molar-refractivity contribution >= 4 is 51.8 Å². The van der Waals surface area contributed by atoms with E-state index in [9.17, 15) is 0 Å². The van der Waals surface area contributed by atoms with Gasteiger partial charge in [-0.1, -0.05) is 21.9 Å². The Bertz CT molecular complexity index is 74.2. The van der Waals surface area contributed by atoms with Gasteiger partial charge in [0.15, 0.2) is 0 Å². The lowest BCUT2D eigenvalue weighted by Gasteiger charge is -1.83. The molecule has 0 N–H and O–H groups in total. The first kappa shape index (κ1) is 8.24. The van der Waals surface area contributed by atoms with E-state index >= 15 is 0 Å². The summed E-state index contributed by atoms with van der Waals surface area (Å²) in [5.41, 5.74) is 0. The molecule has 0 spiro atoms. The van der Waals surface area contributed by atoms with E-state index in [0.717, 1.165) is 4.48 Å². The van der Waals surface area contributed by atoms with Crippen LogP contribution in [0.3, 0.4) is 0 Å². The van der Waals surface area contributed by atoms with Crippen molar-refractivity contribution < 1.29 is 0 Å². The standard InChI is InChI=1S/C3H4BBr3/c1-3(5)2-4(6)7/h2H,1H3/b3-2-. The summed E-state index contributed by atoms with van der Waals surface area (Å²) < 4.78 is 1.42. The fraction of sp³-hybridized carbons (Fsp3) is 0.333. The van der Waals surface area contributed by atoms with Crippen LogP contribution >= 0.6 is 47.4 Å². The van der Waals surface area contributed by atoms with Crippen LogP contribution in [-0.2, 0) is 0 Å². The van der Waals surface area contributed by atoms with Gasteiger partial charge in [-0.3, -0.25) is 0 Å². The van der Waals surface area contributed by atoms with Crippen molar-refractivity contribution in [2.24, 2.45) is 0 Å². The molecule has 0 bridgehead atoms. The summed E-state index contributed by atoms with van der Waals surface area (Å²) in [5.74, 6) is 2.00. The van der Waals surface area contributed by atoms with Gasteiger partial charge in [0, 0.05) is 0 Å². The second-order valence-corrected chi connectivity index (χ2v) is 5.54. The Balaban J connectivity index is 3.45. The molecule has 4 heteroatoms. The average molecular weight is 291 g/mol. The van der Waals surface area contributed by atoms with Crippen molar-refractivity contribution in [2.45, 2.75) is 6.92 Å². The Labute approximate surface area is 68.9 Å². The normalized spacial score (nSPS) is 11.7. The van der Waals surface area contributed by atoms with Crippen LogP contribution in [0.4, 0.5) is 0 Å². The maximum atomic E-state index is 3.29. The van der Waals surface area contributed by atoms with E-state index in [2.05, 4.69) is 47.4 Å². The van der Waals surface area contributed by atoms with Gasteiger partial charge >= 0.3 is 4.36 Å². The summed E-state index contributed by atoms with van der Waals surface area (Å²) in [6.07, 6.45) is 0. The first-order valence-electron chi connectivity index (χ1n) is 1.75. The summed E-state index contributed by atoms with van der Waals surface area (Å²) in [4.78, 5) is 0. The predicted octanol–water partition coefficient (Wildman–Crippen LogP) is 3.10. The number of allylic oxidation sites excluding steroid dienone is 1. The maximum absolute atomic E-state index is 3.29. The van der Waals surface area contributed by atoms with Crippen LogP contribution < -0.4 is 0 Å². The van der Waals surface area contributed by atoms with Crippen LogP contribution in [0.2, 0.25) is 0 Å². The zero-order valence-corrected chi connectivity index (χ0v) is 8.55. The van der Waals surface area contributed by atoms with Crippen molar-refractivity contribution in [3.05, 3.63) is 10.5 Å². The quantitative estimate of drug-likeness (QED) is 0.651. The van der Waals surface area contributed by atoms with Crippen molar-refractivity contribution in [2.75, 3.05) is 0 Å². The minimum absolute atomic E-state index is 0.291. The summed E-state index contributed by atoms with van der Waals surface area (Å²) in [5, 5.41) is 0. The largest absolute Gasteiger partial charge is 0.323 e. The maximum Gasteiger partial charge on any atom is 0.323 e. The minimum Gasteiger partial charge on any atom is -0.133 e. The molecule has 0 amide bonds. The van der Waals surface area contributed by atoms with Crippen molar-refractivity contribution in [3.63, 3.8) is 0 Å². The molecule has 0 unspecified atom stereocenters. The minimum atomic E-state index is 0.291. The van der Waals surface area contributed by atoms with Crippen molar-refractivity contribution in [3.8, 4) is 0 Å². The molecule has 7 heavy (non-hydrogen) atoms. The van der Waals surface area contributed by atoms with Crippen molar-refractivity contribution in [1.82, 2.24) is 0 Å². The molecule has 0 saturated carbocycles. The first-order valence-corrected chi connectivity index (χ1v) is 4.37. The van der Waals surface area contributed by atoms with Gasteiger partial charge in [-0.15, -0.1) is 31.5 Å². The molecule has 0 nitrogen and oxygen atoms in total. The lowest BCUT2D eigenvalue weighted by molar-refractivity contribution is 1.74. The molecule has 40 valence electrons. The lowest BCUT2D eigenvalue weighted by atomic mass is 10.1. The predicted molar refractivity (Wildman–Crippen MR) is 46.3 cm³/mol. The second-order valence-electron chi connectivity index (χ2n) is 1.09. The first-order chi connectivity index (χ1) is 3.13. The molecule has 0 aromatic heterocycles. The van der Waals surface area contributed by atoms with Gasteiger partial charge < -0.3 is 0 Å². The summed E-state index contributed by atoms with van der Waals surface area (Å²) in [6, 6.07) is 0. The molecule has 0 radical (unpaired) electrons. The number of hydrogen-bond donors (Lipinski definition) is 0. The van der Waals surface area contributed by atoms with Crippen LogP contribution in [-0.4, -0.2) is 4.36 Å². The smallest absolute Gasteiger partial charge is 0.133 e. The molecule has 0 rings (SSSR count). The van der Waals surface area contributed by atoms with E-state index in [1.54, 1.807) is 0 Å². The van der Waals surface area contributed by atoms with E-state index < -0.39 is 0 Å². The number of halogens is 3. The highest BCUT2D eigenvalue weighted by Crippen LogP contribution is 2.10. The SMILES string of the molecule is C/C(Br)=C/B(Br)Br. The summed E-state index contributed by atoms with van der Waals surface area (Å²) in [7, 11) is 0. The van der Waals surface area contributed by atoms with Crippen LogP contribution in [0.5, 0.6) is 0 Å². The monoisotopic (exact) mass is 288 g/mol. The Kier molecular flexibility index (Phi) is 4.90. The van der Waals surface area contributed by atoms with Crippen LogP contribution in [0.15, 0.2) is 10.5 Å². The Morgan fingerprint density at radius 3 is 2.00 bits per heavy atom. The Hall–Kier alpha value is 1.24. The molecule has 0 atom stereocenters. The van der Waals surface area contributed by atoms with Crippen LogP contribution in [0, 0.1) is 0 Å². The highest BCUT2D eigenvalue weighted by molar-refractivity contribution is 9.49. The third kappa shape index (κ3) is 7.24. The van der Waals surface area contributed by atoms with Gasteiger partial charge in [0.2, 0.25) is 0 Å². The molecule has 0 aliphatic rings. The van der Waals surface area contributed by atoms with Gasteiger partial charge in [0.05, 0.1) is 0 Å². The molecule has 0 fully saturated rings. The summed E-state index contributed by atoms with van der Waals surface area (Å²) in [6.45, 7) is 1.98. The van der Waals surface area contributed by atoms with Gasteiger partial charge in [-0.2, -0.15) is 0 Å². The van der Waals surface area contributed by atoms with E-state index in [1.807, 2.05) is 12.9 Å². The Morgan fingerprint density at radius 2 is 2.00 bits per heavy atom. The molecule has 0 aliphatic heterocycles. The van der Waals surface area contributed by atoms with E-state index in [0.29, 0.717) is 4.36 Å². The molecule has 0 aromatic carbocycles. The molecule has 0 aromatic rings. The molecule has 0 aliphatic carbocycles. The molecular formula is C3H4BBr3. The zero-order valence-electron chi connectivity index (χ0n) is 3.79. The van der Waals surface area contributed by atoms with Gasteiger partial charge in [-0.05, 0) is 11.4 Å². The number of hydrogen-bond acceptors (Lipinski definition) is 0. The molecule has 0 heterocycles. The highest BCUT2D eigenvalue weighted by atomic mass is 79.9. The van der Waals surface area contributed by atoms with Gasteiger partial charge in [0.25, 0.3) is 0 Å². The lowest BCUT2D eigenvalue weighted by Crippen LogP contribution is -1.80. The Morgan fingerprint density at radius 1 is 1.57 bits per heavy atom. The fourth-order valence-corrected chi connectivity index (χ4v) is 1.94. The zero-order chi connectivity index (χ0) is 5.86. The molecule has 0 saturated heterocycles. The van der Waals surface area contributed by atoms with E-state index in [1.165, 1.54) is 0 Å².